The Balaban J connectivity index is 2.05. The van der Waals surface area contributed by atoms with E-state index >= 15 is 0 Å². The predicted molar refractivity (Wildman–Crippen MR) is 103 cm³/mol. The minimum absolute atomic E-state index is 0.0756. The van der Waals surface area contributed by atoms with E-state index in [0.29, 0.717) is 16.8 Å². The van der Waals surface area contributed by atoms with Crippen LogP contribution in [-0.2, 0) is 0 Å². The lowest BCUT2D eigenvalue weighted by molar-refractivity contribution is -0.149. The summed E-state index contributed by atoms with van der Waals surface area (Å²) in [6, 6.07) is 16.5. The fraction of sp³-hybridized carbons (Fsp3) is 0.217. The number of Topliss-reactive ketones (excluding diaryl/α,β-unsaturated/α-hetero) is 1. The van der Waals surface area contributed by atoms with E-state index in [9.17, 15) is 18.0 Å². The van der Waals surface area contributed by atoms with Gasteiger partial charge in [0, 0.05) is 23.7 Å². The zero-order chi connectivity index (χ0) is 20.3. The normalized spacial score (nSPS) is 12.6. The van der Waals surface area contributed by atoms with Gasteiger partial charge in [-0.1, -0.05) is 54.1 Å². The van der Waals surface area contributed by atoms with Crippen LogP contribution in [0.1, 0.15) is 39.4 Å². The standard InChI is InChI=1S/C23H20F3NO/c1-15-9-11-17(12-10-15)21(28)14-19(23(24,25)26)18-7-5-6-16(2)22(18)20-8-3-4-13-27-20/h3-13,19H,14H2,1-2H3. The van der Waals surface area contributed by atoms with Crippen LogP contribution in [0.2, 0.25) is 0 Å². The first kappa shape index (κ1) is 19.8. The smallest absolute Gasteiger partial charge is 0.294 e. The van der Waals surface area contributed by atoms with Gasteiger partial charge in [0.2, 0.25) is 0 Å². The molecule has 3 rings (SSSR count). The van der Waals surface area contributed by atoms with Gasteiger partial charge in [-0.3, -0.25) is 9.78 Å². The maximum atomic E-state index is 14.0. The van der Waals surface area contributed by atoms with Gasteiger partial charge >= 0.3 is 6.18 Å². The zero-order valence-corrected chi connectivity index (χ0v) is 15.6. The Morgan fingerprint density at radius 2 is 1.68 bits per heavy atom. The van der Waals surface area contributed by atoms with Crippen molar-refractivity contribution < 1.29 is 18.0 Å². The fourth-order valence-corrected chi connectivity index (χ4v) is 3.29. The molecule has 0 saturated heterocycles. The lowest BCUT2D eigenvalue weighted by Gasteiger charge is -2.24. The molecule has 0 aliphatic carbocycles. The maximum absolute atomic E-state index is 14.0. The number of hydrogen-bond donors (Lipinski definition) is 0. The highest BCUT2D eigenvalue weighted by Crippen LogP contribution is 2.43. The molecule has 2 aromatic carbocycles. The monoisotopic (exact) mass is 383 g/mol. The molecule has 2 nitrogen and oxygen atoms in total. The van der Waals surface area contributed by atoms with Crippen molar-refractivity contribution in [3.63, 3.8) is 0 Å². The van der Waals surface area contributed by atoms with Gasteiger partial charge in [-0.2, -0.15) is 13.2 Å². The molecule has 0 bridgehead atoms. The molecule has 1 unspecified atom stereocenters. The molecule has 0 N–H and O–H groups in total. The second kappa shape index (κ2) is 7.97. The van der Waals surface area contributed by atoms with Gasteiger partial charge in [0.15, 0.2) is 5.78 Å². The molecular formula is C23H20F3NO. The van der Waals surface area contributed by atoms with E-state index < -0.39 is 24.3 Å². The lowest BCUT2D eigenvalue weighted by Crippen LogP contribution is -2.24. The number of halogens is 3. The molecule has 0 radical (unpaired) electrons. The molecule has 1 heterocycles. The van der Waals surface area contributed by atoms with Crippen LogP contribution in [-0.4, -0.2) is 16.9 Å². The Hall–Kier alpha value is -2.95. The number of carbonyl (C=O) groups is 1. The summed E-state index contributed by atoms with van der Waals surface area (Å²) < 4.78 is 42.0. The number of aryl methyl sites for hydroxylation is 2. The first-order valence-electron chi connectivity index (χ1n) is 8.95. The Morgan fingerprint density at radius 3 is 2.29 bits per heavy atom. The number of benzene rings is 2. The molecule has 0 aliphatic heterocycles. The molecule has 1 aromatic heterocycles. The Kier molecular flexibility index (Phi) is 5.63. The average molecular weight is 383 g/mol. The summed E-state index contributed by atoms with van der Waals surface area (Å²) in [5.74, 6) is -2.44. The van der Waals surface area contributed by atoms with Crippen molar-refractivity contribution >= 4 is 5.78 Å². The van der Waals surface area contributed by atoms with Crippen LogP contribution in [0.15, 0.2) is 66.9 Å². The van der Waals surface area contributed by atoms with Crippen molar-refractivity contribution in [2.24, 2.45) is 0 Å². The number of hydrogen-bond acceptors (Lipinski definition) is 2. The third-order valence-electron chi connectivity index (χ3n) is 4.76. The van der Waals surface area contributed by atoms with Gasteiger partial charge in [-0.25, -0.2) is 0 Å². The number of nitrogens with zero attached hydrogens (tertiary/aromatic N) is 1. The summed E-state index contributed by atoms with van der Waals surface area (Å²) >= 11 is 0. The van der Waals surface area contributed by atoms with Crippen LogP contribution in [0.3, 0.4) is 0 Å². The van der Waals surface area contributed by atoms with Gasteiger partial charge in [0.25, 0.3) is 0 Å². The van der Waals surface area contributed by atoms with E-state index in [1.165, 1.54) is 6.07 Å². The zero-order valence-electron chi connectivity index (χ0n) is 15.6. The van der Waals surface area contributed by atoms with Gasteiger partial charge in [-0.15, -0.1) is 0 Å². The topological polar surface area (TPSA) is 30.0 Å². The number of carbonyl (C=O) groups excluding carboxylic acids is 1. The Morgan fingerprint density at radius 1 is 0.964 bits per heavy atom. The average Bonchev–Trinajstić information content (AvgIpc) is 2.66. The van der Waals surface area contributed by atoms with E-state index in [0.717, 1.165) is 5.56 Å². The first-order chi connectivity index (χ1) is 13.3. The Labute approximate surface area is 162 Å². The van der Waals surface area contributed by atoms with Gasteiger partial charge in [-0.05, 0) is 37.1 Å². The molecule has 5 heteroatoms. The van der Waals surface area contributed by atoms with Crippen LogP contribution >= 0.6 is 0 Å². The molecular weight excluding hydrogens is 363 g/mol. The second-order valence-electron chi connectivity index (χ2n) is 6.84. The quantitative estimate of drug-likeness (QED) is 0.485. The van der Waals surface area contributed by atoms with Crippen molar-refractivity contribution in [1.29, 1.82) is 0 Å². The van der Waals surface area contributed by atoms with Crippen LogP contribution in [0.5, 0.6) is 0 Å². The molecule has 0 saturated carbocycles. The Bertz CT molecular complexity index is 963. The molecule has 0 fully saturated rings. The van der Waals surface area contributed by atoms with Crippen molar-refractivity contribution in [2.45, 2.75) is 32.4 Å². The molecule has 0 aliphatic rings. The van der Waals surface area contributed by atoms with Crippen molar-refractivity contribution in [1.82, 2.24) is 4.98 Å². The highest BCUT2D eigenvalue weighted by molar-refractivity contribution is 5.96. The minimum atomic E-state index is -4.56. The van der Waals surface area contributed by atoms with Gasteiger partial charge in [0.1, 0.15) is 0 Å². The second-order valence-corrected chi connectivity index (χ2v) is 6.84. The highest BCUT2D eigenvalue weighted by Gasteiger charge is 2.43. The van der Waals surface area contributed by atoms with Crippen molar-refractivity contribution in [3.05, 3.63) is 89.1 Å². The summed E-state index contributed by atoms with van der Waals surface area (Å²) in [5.41, 5.74) is 2.89. The van der Waals surface area contributed by atoms with Crippen LogP contribution < -0.4 is 0 Å². The predicted octanol–water partition coefficient (Wildman–Crippen LogP) is 6.28. The summed E-state index contributed by atoms with van der Waals surface area (Å²) in [7, 11) is 0. The first-order valence-corrected chi connectivity index (χ1v) is 8.95. The third-order valence-corrected chi connectivity index (χ3v) is 4.76. The summed E-state index contributed by atoms with van der Waals surface area (Å²) in [6.07, 6.45) is -3.65. The SMILES string of the molecule is Cc1ccc(C(=O)CC(c2cccc(C)c2-c2ccccn2)C(F)(F)F)cc1. The molecule has 28 heavy (non-hydrogen) atoms. The van der Waals surface area contributed by atoms with Crippen molar-refractivity contribution in [2.75, 3.05) is 0 Å². The number of ketones is 1. The van der Waals surface area contributed by atoms with Gasteiger partial charge < -0.3 is 0 Å². The minimum Gasteiger partial charge on any atom is -0.294 e. The third kappa shape index (κ3) is 4.30. The molecule has 3 aromatic rings. The van der Waals surface area contributed by atoms with Crippen LogP contribution in [0.25, 0.3) is 11.3 Å². The number of aromatic nitrogens is 1. The van der Waals surface area contributed by atoms with E-state index in [1.54, 1.807) is 67.7 Å². The highest BCUT2D eigenvalue weighted by atomic mass is 19.4. The van der Waals surface area contributed by atoms with Crippen LogP contribution in [0.4, 0.5) is 13.2 Å². The summed E-state index contributed by atoms with van der Waals surface area (Å²) in [4.78, 5) is 16.8. The van der Waals surface area contributed by atoms with Crippen LogP contribution in [0, 0.1) is 13.8 Å². The fourth-order valence-electron chi connectivity index (χ4n) is 3.29. The van der Waals surface area contributed by atoms with E-state index in [4.69, 9.17) is 0 Å². The number of rotatable bonds is 5. The molecule has 0 spiro atoms. The van der Waals surface area contributed by atoms with E-state index in [2.05, 4.69) is 4.98 Å². The van der Waals surface area contributed by atoms with E-state index in [1.807, 2.05) is 6.92 Å². The maximum Gasteiger partial charge on any atom is 0.396 e. The van der Waals surface area contributed by atoms with Gasteiger partial charge in [0.05, 0.1) is 11.6 Å². The number of alkyl halides is 3. The van der Waals surface area contributed by atoms with Crippen molar-refractivity contribution in [3.8, 4) is 11.3 Å². The number of pyridine rings is 1. The molecule has 1 atom stereocenters. The van der Waals surface area contributed by atoms with E-state index in [-0.39, 0.29) is 11.1 Å². The molecule has 144 valence electrons. The summed E-state index contributed by atoms with van der Waals surface area (Å²) in [6.45, 7) is 3.61. The summed E-state index contributed by atoms with van der Waals surface area (Å²) in [5, 5.41) is 0. The largest absolute Gasteiger partial charge is 0.396 e. The molecule has 0 amide bonds. The lowest BCUT2D eigenvalue weighted by atomic mass is 9.85.